The summed E-state index contributed by atoms with van der Waals surface area (Å²) in [5.74, 6) is 1.18. The number of carbonyl (C=O) groups is 1. The van der Waals surface area contributed by atoms with Gasteiger partial charge in [-0.2, -0.15) is 0 Å². The molecule has 0 N–H and O–H groups in total. The molecule has 1 aliphatic heterocycles. The van der Waals surface area contributed by atoms with E-state index in [2.05, 4.69) is 27.4 Å². The quantitative estimate of drug-likeness (QED) is 0.766. The molecule has 1 aromatic heterocycles. The normalized spacial score (nSPS) is 29.5. The monoisotopic (exact) mass is 346 g/mol. The van der Waals surface area contributed by atoms with Crippen LogP contribution >= 0.6 is 11.3 Å². The molecule has 0 unspecified atom stereocenters. The molecule has 2 atom stereocenters. The summed E-state index contributed by atoms with van der Waals surface area (Å²) in [5, 5.41) is 3.17. The molecule has 2 aliphatic carbocycles. The zero-order chi connectivity index (χ0) is 16.6. The SMILES string of the molecule is Cc1nc(COC[C@]23CCC[C@H]2CN(C(=O)C2CC=CC2)C3)cs1. The number of rotatable bonds is 5. The minimum atomic E-state index is 0.187. The molecule has 0 spiro atoms. The van der Waals surface area contributed by atoms with Crippen LogP contribution in [0.15, 0.2) is 17.5 Å². The molecule has 4 nitrogen and oxygen atoms in total. The number of carbonyl (C=O) groups excluding carboxylic acids is 1. The van der Waals surface area contributed by atoms with Crippen molar-refractivity contribution in [1.82, 2.24) is 9.88 Å². The summed E-state index contributed by atoms with van der Waals surface area (Å²) >= 11 is 1.67. The Morgan fingerprint density at radius 3 is 3.04 bits per heavy atom. The van der Waals surface area contributed by atoms with Crippen LogP contribution in [-0.2, 0) is 16.1 Å². The predicted octanol–water partition coefficient (Wildman–Crippen LogP) is 3.56. The molecule has 5 heteroatoms. The number of hydrogen-bond acceptors (Lipinski definition) is 4. The highest BCUT2D eigenvalue weighted by Crippen LogP contribution is 2.49. The number of thiazole rings is 1. The minimum Gasteiger partial charge on any atom is -0.374 e. The molecular weight excluding hydrogens is 320 g/mol. The first-order valence-electron chi connectivity index (χ1n) is 9.09. The molecule has 1 aromatic rings. The number of amides is 1. The Labute approximate surface area is 147 Å². The molecule has 3 aliphatic rings. The van der Waals surface area contributed by atoms with Crippen LogP contribution in [0.2, 0.25) is 0 Å². The van der Waals surface area contributed by atoms with Gasteiger partial charge in [-0.3, -0.25) is 4.79 Å². The van der Waals surface area contributed by atoms with Crippen LogP contribution in [0.3, 0.4) is 0 Å². The first-order valence-corrected chi connectivity index (χ1v) is 9.97. The van der Waals surface area contributed by atoms with Gasteiger partial charge in [0.25, 0.3) is 0 Å². The average Bonchev–Trinajstić information content (AvgIpc) is 3.29. The molecule has 2 heterocycles. The molecule has 1 saturated carbocycles. The summed E-state index contributed by atoms with van der Waals surface area (Å²) in [6.45, 7) is 5.22. The molecule has 2 fully saturated rings. The summed E-state index contributed by atoms with van der Waals surface area (Å²) in [5.41, 5.74) is 1.22. The van der Waals surface area contributed by atoms with Crippen LogP contribution in [0, 0.1) is 24.2 Å². The van der Waals surface area contributed by atoms with Gasteiger partial charge >= 0.3 is 0 Å². The number of nitrogens with zero attached hydrogens (tertiary/aromatic N) is 2. The zero-order valence-electron chi connectivity index (χ0n) is 14.4. The van der Waals surface area contributed by atoms with Gasteiger partial charge in [0.2, 0.25) is 5.91 Å². The van der Waals surface area contributed by atoms with Gasteiger partial charge in [0.15, 0.2) is 0 Å². The smallest absolute Gasteiger partial charge is 0.226 e. The Balaban J connectivity index is 1.36. The first kappa shape index (κ1) is 16.3. The van der Waals surface area contributed by atoms with E-state index >= 15 is 0 Å². The maximum Gasteiger partial charge on any atom is 0.226 e. The highest BCUT2D eigenvalue weighted by atomic mass is 32.1. The van der Waals surface area contributed by atoms with E-state index in [9.17, 15) is 4.79 Å². The fourth-order valence-electron chi connectivity index (χ4n) is 4.73. The second kappa shape index (κ2) is 6.60. The van der Waals surface area contributed by atoms with Gasteiger partial charge in [0, 0.05) is 29.8 Å². The number of fused-ring (bicyclic) bond motifs is 1. The maximum absolute atomic E-state index is 12.8. The van der Waals surface area contributed by atoms with Crippen molar-refractivity contribution < 1.29 is 9.53 Å². The Kier molecular flexibility index (Phi) is 4.48. The van der Waals surface area contributed by atoms with E-state index in [1.807, 2.05) is 6.92 Å². The number of aromatic nitrogens is 1. The second-order valence-electron chi connectivity index (χ2n) is 7.66. The third-order valence-corrected chi connectivity index (χ3v) is 6.84. The van der Waals surface area contributed by atoms with Gasteiger partial charge in [-0.25, -0.2) is 4.98 Å². The predicted molar refractivity (Wildman–Crippen MR) is 94.7 cm³/mol. The molecule has 1 amide bonds. The zero-order valence-corrected chi connectivity index (χ0v) is 15.2. The number of hydrogen-bond donors (Lipinski definition) is 0. The summed E-state index contributed by atoms with van der Waals surface area (Å²) in [4.78, 5) is 19.4. The molecule has 0 aromatic carbocycles. The Bertz CT molecular complexity index is 633. The first-order chi connectivity index (χ1) is 11.7. The third kappa shape index (κ3) is 3.04. The van der Waals surface area contributed by atoms with E-state index in [0.29, 0.717) is 18.4 Å². The Morgan fingerprint density at radius 2 is 2.29 bits per heavy atom. The van der Waals surface area contributed by atoms with Gasteiger partial charge in [-0.15, -0.1) is 11.3 Å². The number of aryl methyl sites for hydroxylation is 1. The van der Waals surface area contributed by atoms with Crippen LogP contribution in [-0.4, -0.2) is 35.5 Å². The van der Waals surface area contributed by atoms with Crippen molar-refractivity contribution in [2.45, 2.75) is 45.6 Å². The van der Waals surface area contributed by atoms with Crippen molar-refractivity contribution >= 4 is 17.2 Å². The van der Waals surface area contributed by atoms with Crippen LogP contribution in [0.4, 0.5) is 0 Å². The lowest BCUT2D eigenvalue weighted by molar-refractivity contribution is -0.134. The lowest BCUT2D eigenvalue weighted by Gasteiger charge is -2.29. The van der Waals surface area contributed by atoms with Crippen molar-refractivity contribution in [3.05, 3.63) is 28.2 Å². The number of ether oxygens (including phenoxy) is 1. The molecule has 4 rings (SSSR count). The lowest BCUT2D eigenvalue weighted by atomic mass is 9.81. The summed E-state index contributed by atoms with van der Waals surface area (Å²) < 4.78 is 6.07. The van der Waals surface area contributed by atoms with Crippen molar-refractivity contribution in [2.75, 3.05) is 19.7 Å². The highest BCUT2D eigenvalue weighted by Gasteiger charge is 2.51. The molecule has 1 saturated heterocycles. The molecule has 0 bridgehead atoms. The largest absolute Gasteiger partial charge is 0.374 e. The van der Waals surface area contributed by atoms with Crippen LogP contribution < -0.4 is 0 Å². The van der Waals surface area contributed by atoms with Crippen molar-refractivity contribution in [3.8, 4) is 0 Å². The average molecular weight is 346 g/mol. The number of likely N-dealkylation sites (tertiary alicyclic amines) is 1. The minimum absolute atomic E-state index is 0.187. The van der Waals surface area contributed by atoms with Crippen LogP contribution in [0.5, 0.6) is 0 Å². The Morgan fingerprint density at radius 1 is 1.46 bits per heavy atom. The topological polar surface area (TPSA) is 42.4 Å². The van der Waals surface area contributed by atoms with Crippen molar-refractivity contribution in [1.29, 1.82) is 0 Å². The Hall–Kier alpha value is -1.20. The van der Waals surface area contributed by atoms with Gasteiger partial charge in [0.05, 0.1) is 23.9 Å². The summed E-state index contributed by atoms with van der Waals surface area (Å²) in [6.07, 6.45) is 9.85. The fraction of sp³-hybridized carbons (Fsp3) is 0.684. The van der Waals surface area contributed by atoms with E-state index in [-0.39, 0.29) is 11.3 Å². The highest BCUT2D eigenvalue weighted by molar-refractivity contribution is 7.09. The van der Waals surface area contributed by atoms with Gasteiger partial charge in [-0.1, -0.05) is 18.6 Å². The maximum atomic E-state index is 12.8. The van der Waals surface area contributed by atoms with Crippen LogP contribution in [0.25, 0.3) is 0 Å². The third-order valence-electron chi connectivity index (χ3n) is 6.01. The summed E-state index contributed by atoms with van der Waals surface area (Å²) in [7, 11) is 0. The summed E-state index contributed by atoms with van der Waals surface area (Å²) in [6, 6.07) is 0. The van der Waals surface area contributed by atoms with Gasteiger partial charge in [0.1, 0.15) is 0 Å². The van der Waals surface area contributed by atoms with Gasteiger partial charge in [-0.05, 0) is 38.5 Å². The molecular formula is C19H26N2O2S. The van der Waals surface area contributed by atoms with Crippen molar-refractivity contribution in [2.24, 2.45) is 17.3 Å². The molecule has 24 heavy (non-hydrogen) atoms. The van der Waals surface area contributed by atoms with E-state index in [0.717, 1.165) is 43.2 Å². The van der Waals surface area contributed by atoms with Gasteiger partial charge < -0.3 is 9.64 Å². The lowest BCUT2D eigenvalue weighted by Crippen LogP contribution is -2.37. The number of allylic oxidation sites excluding steroid dienone is 2. The van der Waals surface area contributed by atoms with Crippen LogP contribution in [0.1, 0.15) is 42.8 Å². The molecule has 0 radical (unpaired) electrons. The van der Waals surface area contributed by atoms with E-state index in [1.54, 1.807) is 11.3 Å². The second-order valence-corrected chi connectivity index (χ2v) is 8.72. The van der Waals surface area contributed by atoms with E-state index in [4.69, 9.17) is 4.74 Å². The van der Waals surface area contributed by atoms with E-state index < -0.39 is 0 Å². The van der Waals surface area contributed by atoms with Crippen molar-refractivity contribution in [3.63, 3.8) is 0 Å². The molecule has 130 valence electrons. The van der Waals surface area contributed by atoms with E-state index in [1.165, 1.54) is 19.3 Å². The fourth-order valence-corrected chi connectivity index (χ4v) is 5.33. The standard InChI is InChI=1S/C19H26N2O2S/c1-14-20-17(11-24-14)10-23-13-19-8-4-7-16(19)9-21(12-19)18(22)15-5-2-3-6-15/h2-3,11,15-16H,4-10,12-13H2,1H3/t16-,19+/m0/s1.